The molecule has 1 saturated carbocycles. The van der Waals surface area contributed by atoms with Crippen molar-refractivity contribution in [1.82, 2.24) is 15.1 Å². The molecule has 1 aromatic carbocycles. The highest BCUT2D eigenvalue weighted by Gasteiger charge is 2.69. The highest BCUT2D eigenvalue weighted by Crippen LogP contribution is 2.65. The second kappa shape index (κ2) is 12.4. The number of carbonyl (C=O) groups excluding carboxylic acids is 3. The van der Waals surface area contributed by atoms with E-state index in [0.717, 1.165) is 25.8 Å². The van der Waals surface area contributed by atoms with Gasteiger partial charge in [0.25, 0.3) is 5.91 Å². The van der Waals surface area contributed by atoms with E-state index < -0.39 is 23.1 Å². The first kappa shape index (κ1) is 33.2. The predicted octanol–water partition coefficient (Wildman–Crippen LogP) is 4.03. The molecule has 4 fully saturated rings. The van der Waals surface area contributed by atoms with Crippen LogP contribution < -0.4 is 11.1 Å². The number of piperidine rings is 1. The van der Waals surface area contributed by atoms with Gasteiger partial charge >= 0.3 is 0 Å². The fraction of sp³-hybridized carbons (Fsp3) is 0.583. The number of aliphatic hydroxyl groups is 1. The normalized spacial score (nSPS) is 28.5. The lowest BCUT2D eigenvalue weighted by atomic mass is 9.62. The third kappa shape index (κ3) is 5.35. The SMILES string of the molecule is C1CCC1.C=C1C(C(N)=O)=C(O)C[C@@H]2CC3Cc4c(F)c(CN5CCC6(CC5)CCN(C)C6=O)cc(O)c4C(=O)C3=C3O[C@]132.CNC. The van der Waals surface area contributed by atoms with Crippen molar-refractivity contribution in [2.24, 2.45) is 23.0 Å². The number of carbonyl (C=O) groups is 3. The van der Waals surface area contributed by atoms with E-state index in [-0.39, 0.29) is 76.3 Å². The molecule has 0 radical (unpaired) electrons. The summed E-state index contributed by atoms with van der Waals surface area (Å²) < 4.78 is 22.0. The summed E-state index contributed by atoms with van der Waals surface area (Å²) in [7, 11) is 5.58. The van der Waals surface area contributed by atoms with Gasteiger partial charge in [-0.15, -0.1) is 0 Å². The number of hydrogen-bond acceptors (Lipinski definition) is 8. The molecule has 7 aliphatic rings. The summed E-state index contributed by atoms with van der Waals surface area (Å²) in [5, 5.41) is 24.2. The largest absolute Gasteiger partial charge is 0.511 e. The van der Waals surface area contributed by atoms with Gasteiger partial charge in [0.2, 0.25) is 5.91 Å². The van der Waals surface area contributed by atoms with E-state index >= 15 is 4.39 Å². The average Bonchev–Trinajstić information content (AvgIpc) is 3.68. The number of epoxide rings is 1. The summed E-state index contributed by atoms with van der Waals surface area (Å²) in [4.78, 5) is 42.3. The first-order valence-electron chi connectivity index (χ1n) is 16.9. The predicted molar refractivity (Wildman–Crippen MR) is 174 cm³/mol. The van der Waals surface area contributed by atoms with Gasteiger partial charge < -0.3 is 30.9 Å². The van der Waals surface area contributed by atoms with E-state index in [1.807, 2.05) is 21.1 Å². The van der Waals surface area contributed by atoms with Crippen LogP contribution in [0.2, 0.25) is 0 Å². The van der Waals surface area contributed by atoms with Crippen molar-refractivity contribution in [3.63, 3.8) is 0 Å². The van der Waals surface area contributed by atoms with E-state index in [1.54, 1.807) is 4.90 Å². The maximum atomic E-state index is 16.0. The number of benzene rings is 1. The molecule has 4 aliphatic carbocycles. The lowest BCUT2D eigenvalue weighted by molar-refractivity contribution is -0.137. The zero-order valence-electron chi connectivity index (χ0n) is 27.7. The van der Waals surface area contributed by atoms with Gasteiger partial charge in [0.05, 0.1) is 16.6 Å². The number of aliphatic hydroxyl groups excluding tert-OH is 1. The van der Waals surface area contributed by atoms with Crippen LogP contribution in [0.4, 0.5) is 4.39 Å². The molecule has 8 rings (SSSR count). The van der Waals surface area contributed by atoms with Crippen LogP contribution in [0.15, 0.2) is 40.9 Å². The molecule has 3 heterocycles. The lowest BCUT2D eigenvalue weighted by Crippen LogP contribution is -2.44. The first-order valence-corrected chi connectivity index (χ1v) is 16.9. The molecule has 0 aromatic heterocycles. The van der Waals surface area contributed by atoms with Gasteiger partial charge in [-0.2, -0.15) is 0 Å². The van der Waals surface area contributed by atoms with E-state index in [9.17, 15) is 24.6 Å². The molecule has 0 bridgehead atoms. The van der Waals surface area contributed by atoms with Gasteiger partial charge in [-0.1, -0.05) is 32.3 Å². The summed E-state index contributed by atoms with van der Waals surface area (Å²) in [6.07, 6.45) is 9.09. The number of phenols is 1. The Morgan fingerprint density at radius 2 is 1.72 bits per heavy atom. The van der Waals surface area contributed by atoms with E-state index in [1.165, 1.54) is 31.7 Å². The third-order valence-electron chi connectivity index (χ3n) is 11.4. The number of likely N-dealkylation sites (tertiary alicyclic amines) is 2. The highest BCUT2D eigenvalue weighted by molar-refractivity contribution is 6.14. The van der Waals surface area contributed by atoms with Crippen LogP contribution in [0.1, 0.15) is 79.3 Å². The smallest absolute Gasteiger partial charge is 0.252 e. The molecule has 1 unspecified atom stereocenters. The highest BCUT2D eigenvalue weighted by atomic mass is 19.1. The second-order valence-corrected chi connectivity index (χ2v) is 14.3. The fourth-order valence-corrected chi connectivity index (χ4v) is 8.39. The van der Waals surface area contributed by atoms with Crippen LogP contribution in [0.25, 0.3) is 0 Å². The Morgan fingerprint density at radius 1 is 1.11 bits per heavy atom. The van der Waals surface area contributed by atoms with E-state index in [0.29, 0.717) is 36.4 Å². The van der Waals surface area contributed by atoms with Crippen molar-refractivity contribution in [2.75, 3.05) is 40.8 Å². The standard InChI is InChI=1S/C30H32FN3O6.C4H8.C2H7N/c1-14-21(27(32)38)20(36)12-17-9-15-10-18-23(25(37)22(15)26-30(14,17)40-26)19(35)11-16(24(18)31)13-34-7-4-29(5-8-34)3-6-33(2)28(29)39;1-2-4-3-1;1-3-2/h11,15,17,35-36H,1,3-10,12-13H2,2H3,(H2,32,38);1-4H2;3H,1-2H3/t15?,17-,30-;;/m0../s1. The number of rotatable bonds is 3. The number of nitrogens with zero attached hydrogens (tertiary/aromatic N) is 2. The monoisotopic (exact) mass is 650 g/mol. The molecule has 11 heteroatoms. The molecule has 3 saturated heterocycles. The fourth-order valence-electron chi connectivity index (χ4n) is 8.39. The van der Waals surface area contributed by atoms with Crippen molar-refractivity contribution in [1.29, 1.82) is 0 Å². The Morgan fingerprint density at radius 3 is 2.28 bits per heavy atom. The zero-order chi connectivity index (χ0) is 33.8. The minimum atomic E-state index is -1.06. The Balaban J connectivity index is 0.000000498. The number of Topliss-reactive ketones (excluding diaryl/α,β-unsaturated/α-hetero) is 1. The summed E-state index contributed by atoms with van der Waals surface area (Å²) in [6, 6.07) is 1.34. The quantitative estimate of drug-likeness (QED) is 0.359. The summed E-state index contributed by atoms with van der Waals surface area (Å²) >= 11 is 0. The maximum absolute atomic E-state index is 16.0. The van der Waals surface area contributed by atoms with E-state index in [2.05, 4.69) is 16.8 Å². The molecule has 3 atom stereocenters. The van der Waals surface area contributed by atoms with Crippen molar-refractivity contribution < 1.29 is 33.7 Å². The molecule has 10 nitrogen and oxygen atoms in total. The maximum Gasteiger partial charge on any atom is 0.252 e. The molecule has 5 N–H and O–H groups in total. The number of amides is 2. The van der Waals surface area contributed by atoms with Crippen molar-refractivity contribution in [3.8, 4) is 5.75 Å². The number of phenolic OH excluding ortho intramolecular Hbond substituents is 1. The van der Waals surface area contributed by atoms with Crippen LogP contribution in [0, 0.1) is 23.1 Å². The number of fused-ring (bicyclic) bond motifs is 2. The summed E-state index contributed by atoms with van der Waals surface area (Å²) in [6.45, 7) is 6.34. The van der Waals surface area contributed by atoms with Gasteiger partial charge in [0.15, 0.2) is 17.1 Å². The van der Waals surface area contributed by atoms with Crippen molar-refractivity contribution in [3.05, 3.63) is 63.4 Å². The van der Waals surface area contributed by atoms with Gasteiger partial charge in [-0.25, -0.2) is 4.39 Å². The van der Waals surface area contributed by atoms with Gasteiger partial charge in [0, 0.05) is 54.7 Å². The number of ketones is 1. The topological polar surface area (TPSA) is 149 Å². The van der Waals surface area contributed by atoms with Crippen LogP contribution in [0.3, 0.4) is 0 Å². The van der Waals surface area contributed by atoms with Crippen LogP contribution in [0.5, 0.6) is 5.75 Å². The number of nitrogens with one attached hydrogen (secondary N) is 1. The summed E-state index contributed by atoms with van der Waals surface area (Å²) in [5.41, 5.74) is 5.14. The number of hydrogen-bond donors (Lipinski definition) is 4. The molecule has 3 aliphatic heterocycles. The molecule has 254 valence electrons. The number of halogens is 1. The molecular weight excluding hydrogens is 603 g/mol. The lowest BCUT2D eigenvalue weighted by Gasteiger charge is -2.38. The molecule has 1 aromatic rings. The summed E-state index contributed by atoms with van der Waals surface area (Å²) in [5.74, 6) is -2.21. The number of nitrogens with two attached hydrogens (primary N) is 1. The van der Waals surface area contributed by atoms with Crippen molar-refractivity contribution in [2.45, 2.75) is 76.4 Å². The second-order valence-electron chi connectivity index (χ2n) is 14.3. The Hall–Kier alpha value is -3.70. The van der Waals surface area contributed by atoms with Crippen LogP contribution in [-0.2, 0) is 27.3 Å². The van der Waals surface area contributed by atoms with Gasteiger partial charge in [-0.3, -0.25) is 19.3 Å². The van der Waals surface area contributed by atoms with Crippen LogP contribution in [-0.4, -0.2) is 84.0 Å². The minimum Gasteiger partial charge on any atom is -0.511 e. The number of allylic oxidation sites excluding steroid dienone is 2. The third-order valence-corrected chi connectivity index (χ3v) is 11.4. The average molecular weight is 651 g/mol. The van der Waals surface area contributed by atoms with Gasteiger partial charge in [0.1, 0.15) is 17.3 Å². The Kier molecular flexibility index (Phi) is 8.76. The van der Waals surface area contributed by atoms with E-state index in [4.69, 9.17) is 10.5 Å². The Labute approximate surface area is 275 Å². The number of ether oxygens (including phenoxy) is 1. The molecule has 47 heavy (non-hydrogen) atoms. The molecular formula is C36H47FN4O6. The first-order chi connectivity index (χ1) is 22.4. The minimum absolute atomic E-state index is 0.0452. The Bertz CT molecular complexity index is 1580. The molecule has 2 spiro atoms. The van der Waals surface area contributed by atoms with Crippen LogP contribution >= 0.6 is 0 Å². The zero-order valence-corrected chi connectivity index (χ0v) is 27.7. The number of aromatic hydroxyl groups is 1. The molecule has 2 amide bonds. The number of primary amides is 1. The van der Waals surface area contributed by atoms with Crippen molar-refractivity contribution >= 4 is 17.6 Å². The van der Waals surface area contributed by atoms with Gasteiger partial charge in [-0.05, 0) is 71.3 Å².